The van der Waals surface area contributed by atoms with Crippen LogP contribution in [-0.4, -0.2) is 11.1 Å². The topological polar surface area (TPSA) is 37.3 Å². The van der Waals surface area contributed by atoms with E-state index in [0.717, 1.165) is 17.1 Å². The number of carbonyl (C=O) groups is 1. The second-order valence-corrected chi connectivity index (χ2v) is 5.92. The monoisotopic (exact) mass is 306 g/mol. The number of carboxylic acids is 1. The first kappa shape index (κ1) is 14.9. The molecule has 0 aliphatic rings. The van der Waals surface area contributed by atoms with E-state index in [1.807, 2.05) is 12.1 Å². The molecule has 20 heavy (non-hydrogen) atoms. The first-order valence-electron chi connectivity index (χ1n) is 6.22. The highest BCUT2D eigenvalue weighted by Crippen LogP contribution is 2.25. The lowest BCUT2D eigenvalue weighted by atomic mass is 10.1. The van der Waals surface area contributed by atoms with E-state index in [9.17, 15) is 4.79 Å². The lowest BCUT2D eigenvalue weighted by Gasteiger charge is -2.07. The molecule has 2 nitrogen and oxygen atoms in total. The number of hydrogen-bond donors (Lipinski definition) is 1. The molecular formula is C16H15ClO2S. The molecule has 104 valence electrons. The minimum atomic E-state index is -0.953. The van der Waals surface area contributed by atoms with Gasteiger partial charge in [0.1, 0.15) is 0 Å². The normalized spacial score (nSPS) is 10.5. The van der Waals surface area contributed by atoms with E-state index in [1.54, 1.807) is 23.9 Å². The summed E-state index contributed by atoms with van der Waals surface area (Å²) < 4.78 is 0. The minimum Gasteiger partial charge on any atom is -0.478 e. The van der Waals surface area contributed by atoms with Gasteiger partial charge in [-0.15, -0.1) is 0 Å². The van der Waals surface area contributed by atoms with Crippen LogP contribution in [-0.2, 0) is 11.5 Å². The van der Waals surface area contributed by atoms with Gasteiger partial charge in [-0.05, 0) is 35.7 Å². The molecule has 2 rings (SSSR count). The Bertz CT molecular complexity index is 626. The molecule has 0 saturated heterocycles. The maximum Gasteiger partial charge on any atom is 0.335 e. The number of rotatable bonds is 5. The quantitative estimate of drug-likeness (QED) is 0.863. The van der Waals surface area contributed by atoms with Crippen LogP contribution < -0.4 is 0 Å². The van der Waals surface area contributed by atoms with Gasteiger partial charge in [0.05, 0.1) is 5.56 Å². The summed E-state index contributed by atoms with van der Waals surface area (Å²) in [5, 5.41) is 9.41. The predicted molar refractivity (Wildman–Crippen MR) is 84.6 cm³/mol. The Morgan fingerprint density at radius 3 is 2.50 bits per heavy atom. The second-order valence-electron chi connectivity index (χ2n) is 4.53. The molecular weight excluding hydrogens is 292 g/mol. The summed E-state index contributed by atoms with van der Waals surface area (Å²) in [6.45, 7) is 2.10. The largest absolute Gasteiger partial charge is 0.478 e. The van der Waals surface area contributed by atoms with Gasteiger partial charge in [0, 0.05) is 16.5 Å². The second kappa shape index (κ2) is 6.82. The molecule has 0 heterocycles. The molecule has 0 saturated carbocycles. The maximum atomic E-state index is 10.8. The lowest BCUT2D eigenvalue weighted by Crippen LogP contribution is -1.97. The van der Waals surface area contributed by atoms with Crippen LogP contribution in [0.2, 0.25) is 5.02 Å². The Labute approximate surface area is 127 Å². The molecule has 0 radical (unpaired) electrons. The third kappa shape index (κ3) is 3.78. The van der Waals surface area contributed by atoms with Crippen molar-refractivity contribution in [3.63, 3.8) is 0 Å². The number of thioether (sulfide) groups is 1. The van der Waals surface area contributed by atoms with E-state index in [2.05, 4.69) is 19.1 Å². The third-order valence-corrected chi connectivity index (χ3v) is 4.46. The Morgan fingerprint density at radius 1 is 1.15 bits per heavy atom. The van der Waals surface area contributed by atoms with Gasteiger partial charge in [0.25, 0.3) is 0 Å². The van der Waals surface area contributed by atoms with E-state index in [0.29, 0.717) is 5.02 Å². The minimum absolute atomic E-state index is 0.225. The van der Waals surface area contributed by atoms with Crippen molar-refractivity contribution in [3.8, 4) is 0 Å². The Balaban J connectivity index is 1.98. The molecule has 0 atom stereocenters. The van der Waals surface area contributed by atoms with Crippen LogP contribution in [0.5, 0.6) is 0 Å². The van der Waals surface area contributed by atoms with Gasteiger partial charge in [-0.2, -0.15) is 11.8 Å². The van der Waals surface area contributed by atoms with Crippen LogP contribution in [0.25, 0.3) is 0 Å². The van der Waals surface area contributed by atoms with E-state index >= 15 is 0 Å². The van der Waals surface area contributed by atoms with Crippen molar-refractivity contribution >= 4 is 29.3 Å². The van der Waals surface area contributed by atoms with Crippen LogP contribution in [0, 0.1) is 6.92 Å². The molecule has 0 aliphatic heterocycles. The average Bonchev–Trinajstić information content (AvgIpc) is 2.42. The standard InChI is InChI=1S/C16H15ClO2S/c1-11-4-2-3-5-13(11)9-20-10-14-7-6-12(16(18)19)8-15(14)17/h2-8H,9-10H2,1H3,(H,18,19). The van der Waals surface area contributed by atoms with Crippen molar-refractivity contribution in [1.82, 2.24) is 0 Å². The van der Waals surface area contributed by atoms with Crippen LogP contribution in [0.15, 0.2) is 42.5 Å². The molecule has 0 aliphatic carbocycles. The Hall–Kier alpha value is -1.45. The molecule has 2 aromatic rings. The van der Waals surface area contributed by atoms with Crippen molar-refractivity contribution in [2.75, 3.05) is 0 Å². The summed E-state index contributed by atoms with van der Waals surface area (Å²) in [6.07, 6.45) is 0. The summed E-state index contributed by atoms with van der Waals surface area (Å²) in [5.41, 5.74) is 3.79. The first-order chi connectivity index (χ1) is 9.58. The first-order valence-corrected chi connectivity index (χ1v) is 7.75. The fourth-order valence-corrected chi connectivity index (χ4v) is 3.28. The lowest BCUT2D eigenvalue weighted by molar-refractivity contribution is 0.0697. The molecule has 0 unspecified atom stereocenters. The number of benzene rings is 2. The van der Waals surface area contributed by atoms with E-state index in [4.69, 9.17) is 16.7 Å². The molecule has 0 fully saturated rings. The zero-order valence-electron chi connectivity index (χ0n) is 11.1. The maximum absolute atomic E-state index is 10.8. The molecule has 2 aromatic carbocycles. The van der Waals surface area contributed by atoms with Crippen molar-refractivity contribution in [1.29, 1.82) is 0 Å². The fourth-order valence-electron chi connectivity index (χ4n) is 1.84. The fraction of sp³-hybridized carbons (Fsp3) is 0.188. The van der Waals surface area contributed by atoms with E-state index < -0.39 is 5.97 Å². The average molecular weight is 307 g/mol. The van der Waals surface area contributed by atoms with Gasteiger partial charge < -0.3 is 5.11 Å². The van der Waals surface area contributed by atoms with Crippen LogP contribution in [0.1, 0.15) is 27.0 Å². The highest BCUT2D eigenvalue weighted by atomic mass is 35.5. The molecule has 1 N–H and O–H groups in total. The van der Waals surface area contributed by atoms with Crippen molar-refractivity contribution in [2.24, 2.45) is 0 Å². The van der Waals surface area contributed by atoms with Crippen LogP contribution in [0.4, 0.5) is 0 Å². The molecule has 0 spiro atoms. The SMILES string of the molecule is Cc1ccccc1CSCc1ccc(C(=O)O)cc1Cl. The number of carboxylic acid groups (broad SMARTS) is 1. The molecule has 4 heteroatoms. The Kier molecular flexibility index (Phi) is 5.10. The molecule has 0 bridgehead atoms. The van der Waals surface area contributed by atoms with Crippen LogP contribution >= 0.6 is 23.4 Å². The van der Waals surface area contributed by atoms with Gasteiger partial charge in [-0.1, -0.05) is 41.9 Å². The van der Waals surface area contributed by atoms with Gasteiger partial charge in [-0.3, -0.25) is 0 Å². The van der Waals surface area contributed by atoms with Gasteiger partial charge in [0.15, 0.2) is 0 Å². The predicted octanol–water partition coefficient (Wildman–Crippen LogP) is 4.78. The van der Waals surface area contributed by atoms with E-state index in [1.165, 1.54) is 17.2 Å². The van der Waals surface area contributed by atoms with Gasteiger partial charge in [0.2, 0.25) is 0 Å². The number of aryl methyl sites for hydroxylation is 1. The molecule has 0 aromatic heterocycles. The van der Waals surface area contributed by atoms with Gasteiger partial charge >= 0.3 is 5.97 Å². The summed E-state index contributed by atoms with van der Waals surface area (Å²) in [6, 6.07) is 13.2. The summed E-state index contributed by atoms with van der Waals surface area (Å²) in [4.78, 5) is 10.8. The van der Waals surface area contributed by atoms with Crippen molar-refractivity contribution < 1.29 is 9.90 Å². The van der Waals surface area contributed by atoms with Crippen LogP contribution in [0.3, 0.4) is 0 Å². The highest BCUT2D eigenvalue weighted by molar-refractivity contribution is 7.97. The third-order valence-electron chi connectivity index (χ3n) is 3.08. The summed E-state index contributed by atoms with van der Waals surface area (Å²) in [7, 11) is 0. The zero-order chi connectivity index (χ0) is 14.5. The molecule has 0 amide bonds. The van der Waals surface area contributed by atoms with Crippen molar-refractivity contribution in [3.05, 3.63) is 69.7 Å². The zero-order valence-corrected chi connectivity index (χ0v) is 12.7. The number of halogens is 1. The summed E-state index contributed by atoms with van der Waals surface area (Å²) in [5.74, 6) is 0.738. The highest BCUT2D eigenvalue weighted by Gasteiger charge is 2.07. The number of hydrogen-bond acceptors (Lipinski definition) is 2. The van der Waals surface area contributed by atoms with Gasteiger partial charge in [-0.25, -0.2) is 4.79 Å². The smallest absolute Gasteiger partial charge is 0.335 e. The van der Waals surface area contributed by atoms with Crippen molar-refractivity contribution in [2.45, 2.75) is 18.4 Å². The number of aromatic carboxylic acids is 1. The van der Waals surface area contributed by atoms with E-state index in [-0.39, 0.29) is 5.56 Å². The Morgan fingerprint density at radius 2 is 1.85 bits per heavy atom. The summed E-state index contributed by atoms with van der Waals surface area (Å²) >= 11 is 7.88.